The zero-order chi connectivity index (χ0) is 34.9. The van der Waals surface area contributed by atoms with Crippen molar-refractivity contribution in [1.29, 1.82) is 0 Å². The van der Waals surface area contributed by atoms with Crippen LogP contribution in [0.25, 0.3) is 22.6 Å². The number of β-amino-alcohol motifs (C(OH)–C–C–N with tert-alkyl or cyclic N) is 1. The molecule has 3 aromatic heterocycles. The van der Waals surface area contributed by atoms with Crippen molar-refractivity contribution in [2.24, 2.45) is 0 Å². The fourth-order valence-electron chi connectivity index (χ4n) is 5.80. The molecule has 6 N–H and O–H groups in total. The summed E-state index contributed by atoms with van der Waals surface area (Å²) in [5.74, 6) is -1.26. The van der Waals surface area contributed by atoms with Crippen LogP contribution in [0.4, 0.5) is 18.9 Å². The fourth-order valence-corrected chi connectivity index (χ4v) is 6.08. The standard InChI is InChI=1S/C31H32ClF3N10O4/c32-21-11-17(1-3-20(21)30(49)45-9-7-44(8-10-45)24(47)16-43-6-5-19(46)15-43)12-39-29(48)28-38-14-23(40-28)25-26(22-4-2-18(36)13-37-22)41-42-27(25)31(33,34)35/h1-4,11,13-14,19,46H,5-10,12,15-16,36H2,(H,38,40)(H,39,48)(H,41,42)/t19-/m0/s1. The molecule has 0 unspecified atom stereocenters. The normalized spacial score (nSPS) is 17.0. The van der Waals surface area contributed by atoms with Crippen LogP contribution in [0.15, 0.2) is 42.7 Å². The molecule has 18 heteroatoms. The van der Waals surface area contributed by atoms with Gasteiger partial charge in [-0.2, -0.15) is 18.3 Å². The lowest BCUT2D eigenvalue weighted by Crippen LogP contribution is -2.52. The average Bonchev–Trinajstić information content (AvgIpc) is 3.84. The molecule has 0 spiro atoms. The second-order valence-electron chi connectivity index (χ2n) is 11.8. The van der Waals surface area contributed by atoms with E-state index in [4.69, 9.17) is 17.3 Å². The lowest BCUT2D eigenvalue weighted by atomic mass is 10.1. The van der Waals surface area contributed by atoms with Gasteiger partial charge < -0.3 is 30.9 Å². The average molecular weight is 701 g/mol. The minimum Gasteiger partial charge on any atom is -0.397 e. The van der Waals surface area contributed by atoms with Crippen LogP contribution in [0.2, 0.25) is 5.02 Å². The number of H-pyrrole nitrogens is 2. The third-order valence-electron chi connectivity index (χ3n) is 8.38. The largest absolute Gasteiger partial charge is 0.435 e. The highest BCUT2D eigenvalue weighted by Crippen LogP contribution is 2.40. The molecule has 3 amide bonds. The summed E-state index contributed by atoms with van der Waals surface area (Å²) in [4.78, 5) is 54.8. The Morgan fingerprint density at radius 1 is 1.04 bits per heavy atom. The molecule has 0 bridgehead atoms. The molecule has 258 valence electrons. The summed E-state index contributed by atoms with van der Waals surface area (Å²) in [6.07, 6.45) is -2.17. The van der Waals surface area contributed by atoms with Crippen LogP contribution in [0.1, 0.15) is 38.7 Å². The number of likely N-dealkylation sites (tertiary alicyclic amines) is 1. The molecular weight excluding hydrogens is 669 g/mol. The molecule has 49 heavy (non-hydrogen) atoms. The number of aromatic nitrogens is 5. The first-order valence-electron chi connectivity index (χ1n) is 15.3. The van der Waals surface area contributed by atoms with Crippen LogP contribution in [0.5, 0.6) is 0 Å². The van der Waals surface area contributed by atoms with Crippen LogP contribution < -0.4 is 11.1 Å². The van der Waals surface area contributed by atoms with E-state index in [2.05, 4.69) is 30.5 Å². The highest BCUT2D eigenvalue weighted by molar-refractivity contribution is 6.33. The van der Waals surface area contributed by atoms with Crippen molar-refractivity contribution in [2.45, 2.75) is 25.2 Å². The number of pyridine rings is 1. The molecule has 6 rings (SSSR count). The number of hydrogen-bond donors (Lipinski definition) is 5. The zero-order valence-corrected chi connectivity index (χ0v) is 26.7. The maximum Gasteiger partial charge on any atom is 0.435 e. The monoisotopic (exact) mass is 700 g/mol. The number of aromatic amines is 2. The Morgan fingerprint density at radius 3 is 2.45 bits per heavy atom. The number of imidazole rings is 1. The van der Waals surface area contributed by atoms with Gasteiger partial charge in [-0.25, -0.2) is 4.98 Å². The van der Waals surface area contributed by atoms with Crippen LogP contribution in [-0.4, -0.2) is 115 Å². The van der Waals surface area contributed by atoms with Gasteiger partial charge in [0.05, 0.1) is 64.0 Å². The van der Waals surface area contributed by atoms with Gasteiger partial charge in [0.2, 0.25) is 5.91 Å². The Labute approximate surface area is 282 Å². The number of nitrogens with one attached hydrogen (secondary N) is 3. The van der Waals surface area contributed by atoms with Gasteiger partial charge in [-0.3, -0.25) is 29.4 Å². The zero-order valence-electron chi connectivity index (χ0n) is 25.9. The lowest BCUT2D eigenvalue weighted by molar-refractivity contribution is -0.140. The minimum absolute atomic E-state index is 0.0159. The van der Waals surface area contributed by atoms with Gasteiger partial charge in [0.1, 0.15) is 0 Å². The third kappa shape index (κ3) is 7.53. The van der Waals surface area contributed by atoms with Crippen molar-refractivity contribution in [3.8, 4) is 22.6 Å². The van der Waals surface area contributed by atoms with Gasteiger partial charge >= 0.3 is 6.18 Å². The number of halogens is 4. The Bertz CT molecular complexity index is 1850. The number of benzene rings is 1. The molecule has 1 aromatic carbocycles. The maximum atomic E-state index is 13.8. The van der Waals surface area contributed by atoms with Crippen LogP contribution >= 0.6 is 11.6 Å². The number of nitrogen functional groups attached to an aromatic ring is 1. The number of alkyl halides is 3. The summed E-state index contributed by atoms with van der Waals surface area (Å²) in [5.41, 5.74) is 5.24. The van der Waals surface area contributed by atoms with E-state index in [0.29, 0.717) is 56.9 Å². The summed E-state index contributed by atoms with van der Waals surface area (Å²) in [6, 6.07) is 7.64. The molecule has 2 aliphatic heterocycles. The number of piperazine rings is 1. The molecule has 4 aromatic rings. The maximum absolute atomic E-state index is 13.8. The van der Waals surface area contributed by atoms with Crippen LogP contribution in [0.3, 0.4) is 0 Å². The van der Waals surface area contributed by atoms with Crippen molar-refractivity contribution in [1.82, 2.24) is 45.2 Å². The van der Waals surface area contributed by atoms with E-state index >= 15 is 0 Å². The number of anilines is 1. The van der Waals surface area contributed by atoms with Crippen molar-refractivity contribution in [3.63, 3.8) is 0 Å². The van der Waals surface area contributed by atoms with E-state index in [1.807, 2.05) is 4.90 Å². The molecular formula is C31H32ClF3N10O4. The Hall–Kier alpha value is -5.00. The molecule has 1 atom stereocenters. The van der Waals surface area contributed by atoms with Gasteiger partial charge in [-0.05, 0) is 36.2 Å². The van der Waals surface area contributed by atoms with Gasteiger partial charge in [-0.1, -0.05) is 17.7 Å². The quantitative estimate of drug-likeness (QED) is 0.184. The number of aliphatic hydroxyl groups is 1. The SMILES string of the molecule is Nc1ccc(-c2[nH]nc(C(F)(F)F)c2-c2cnc(C(=O)NCc3ccc(C(=O)N4CCN(C(=O)CN5CC[C@H](O)C5)CC4)c(Cl)c3)[nH]2)nc1. The molecule has 2 aliphatic rings. The second kappa shape index (κ2) is 13.9. The summed E-state index contributed by atoms with van der Waals surface area (Å²) in [7, 11) is 0. The number of nitrogens with zero attached hydrogens (tertiary/aromatic N) is 6. The molecule has 2 fully saturated rings. The second-order valence-corrected chi connectivity index (χ2v) is 12.2. The third-order valence-corrected chi connectivity index (χ3v) is 8.69. The van der Waals surface area contributed by atoms with Crippen molar-refractivity contribution in [2.75, 3.05) is 51.5 Å². The molecule has 5 heterocycles. The number of carbonyl (C=O) groups is 3. The van der Waals surface area contributed by atoms with E-state index in [-0.39, 0.29) is 64.0 Å². The number of carbonyl (C=O) groups excluding carboxylic acids is 3. The van der Waals surface area contributed by atoms with Crippen molar-refractivity contribution >= 4 is 35.0 Å². The molecule has 14 nitrogen and oxygen atoms in total. The number of hydrogen-bond acceptors (Lipinski definition) is 9. The van der Waals surface area contributed by atoms with E-state index in [1.165, 1.54) is 18.3 Å². The molecule has 0 radical (unpaired) electrons. The minimum atomic E-state index is -4.81. The topological polar surface area (TPSA) is 189 Å². The molecule has 2 saturated heterocycles. The summed E-state index contributed by atoms with van der Waals surface area (Å²) < 4.78 is 41.5. The van der Waals surface area contributed by atoms with Crippen LogP contribution in [-0.2, 0) is 17.5 Å². The van der Waals surface area contributed by atoms with E-state index < -0.39 is 23.9 Å². The van der Waals surface area contributed by atoms with E-state index in [0.717, 1.165) is 6.20 Å². The number of rotatable bonds is 8. The van der Waals surface area contributed by atoms with E-state index in [9.17, 15) is 32.7 Å². The Kier molecular flexibility index (Phi) is 9.58. The van der Waals surface area contributed by atoms with Gasteiger partial charge in [0.25, 0.3) is 11.8 Å². The summed E-state index contributed by atoms with van der Waals surface area (Å²) in [5, 5.41) is 18.3. The summed E-state index contributed by atoms with van der Waals surface area (Å²) >= 11 is 6.47. The van der Waals surface area contributed by atoms with Crippen molar-refractivity contribution < 1.29 is 32.7 Å². The Morgan fingerprint density at radius 2 is 1.80 bits per heavy atom. The first-order valence-corrected chi connectivity index (χ1v) is 15.7. The first kappa shape index (κ1) is 33.9. The van der Waals surface area contributed by atoms with E-state index in [1.54, 1.807) is 28.0 Å². The van der Waals surface area contributed by atoms with Gasteiger partial charge in [0.15, 0.2) is 11.5 Å². The lowest BCUT2D eigenvalue weighted by Gasteiger charge is -2.35. The number of aliphatic hydroxyl groups excluding tert-OH is 1. The smallest absolute Gasteiger partial charge is 0.397 e. The first-order chi connectivity index (χ1) is 23.4. The van der Waals surface area contributed by atoms with Crippen LogP contribution in [0, 0.1) is 0 Å². The van der Waals surface area contributed by atoms with Gasteiger partial charge in [0, 0.05) is 45.8 Å². The summed E-state index contributed by atoms with van der Waals surface area (Å²) in [6.45, 7) is 2.83. The predicted molar refractivity (Wildman–Crippen MR) is 171 cm³/mol. The fraction of sp³-hybridized carbons (Fsp3) is 0.355. The number of nitrogens with two attached hydrogens (primary N) is 1. The predicted octanol–water partition coefficient (Wildman–Crippen LogP) is 2.40. The van der Waals surface area contributed by atoms with Crippen molar-refractivity contribution in [3.05, 3.63) is 70.4 Å². The highest BCUT2D eigenvalue weighted by atomic mass is 35.5. The number of amides is 3. The molecule has 0 saturated carbocycles. The Balaban J connectivity index is 1.06. The highest BCUT2D eigenvalue weighted by Gasteiger charge is 2.39. The van der Waals surface area contributed by atoms with Gasteiger partial charge in [-0.15, -0.1) is 0 Å². The molecule has 0 aliphatic carbocycles.